The number of likely N-dealkylation sites (N-methyl/N-ethyl adjacent to an activating group) is 1. The second-order valence-corrected chi connectivity index (χ2v) is 19.6. The molecule has 6 rings (SSSR count). The molecular formula is C52H70N6O12. The highest BCUT2D eigenvalue weighted by Crippen LogP contribution is 2.42. The third kappa shape index (κ3) is 12.7. The Bertz CT molecular complexity index is 2290. The van der Waals surface area contributed by atoms with Crippen LogP contribution >= 0.6 is 0 Å². The number of rotatable bonds is 13. The number of cyclic esters (lactones) is 1. The zero-order valence-corrected chi connectivity index (χ0v) is 41.9. The van der Waals surface area contributed by atoms with E-state index in [1.807, 2.05) is 62.3 Å². The first-order valence-corrected chi connectivity index (χ1v) is 24.2. The number of esters is 2. The topological polar surface area (TPSA) is 227 Å². The highest BCUT2D eigenvalue weighted by Gasteiger charge is 2.58. The molecule has 18 nitrogen and oxygen atoms in total. The van der Waals surface area contributed by atoms with E-state index in [4.69, 9.17) is 28.4 Å². The lowest BCUT2D eigenvalue weighted by molar-refractivity contribution is -0.298. The first-order chi connectivity index (χ1) is 33.2. The summed E-state index contributed by atoms with van der Waals surface area (Å²) in [4.78, 5) is 85.2. The number of hydrogen-bond donors (Lipinski definition) is 3. The lowest BCUT2D eigenvalue weighted by Crippen LogP contribution is -2.61. The van der Waals surface area contributed by atoms with Gasteiger partial charge >= 0.3 is 24.1 Å². The van der Waals surface area contributed by atoms with Crippen molar-refractivity contribution in [3.05, 3.63) is 84.5 Å². The fraction of sp³-hybridized carbons (Fsp3) is 0.577. The van der Waals surface area contributed by atoms with E-state index in [9.17, 15) is 29.1 Å². The Morgan fingerprint density at radius 2 is 1.70 bits per heavy atom. The molecule has 3 fully saturated rings. The predicted molar refractivity (Wildman–Crippen MR) is 257 cm³/mol. The van der Waals surface area contributed by atoms with Crippen LogP contribution in [-0.2, 0) is 49.2 Å². The van der Waals surface area contributed by atoms with Crippen LogP contribution in [0.1, 0.15) is 92.2 Å². The Hall–Kier alpha value is -5.82. The van der Waals surface area contributed by atoms with E-state index in [0.29, 0.717) is 12.2 Å². The van der Waals surface area contributed by atoms with E-state index in [-0.39, 0.29) is 44.1 Å². The number of amides is 2. The molecule has 0 radical (unpaired) electrons. The molecule has 380 valence electrons. The van der Waals surface area contributed by atoms with E-state index in [1.165, 1.54) is 0 Å². The molecule has 3 saturated heterocycles. The van der Waals surface area contributed by atoms with Gasteiger partial charge in [0, 0.05) is 67.1 Å². The van der Waals surface area contributed by atoms with Crippen molar-refractivity contribution in [2.45, 2.75) is 148 Å². The number of fused-ring (bicyclic) bond motifs is 1. The summed E-state index contributed by atoms with van der Waals surface area (Å²) < 4.78 is 38.1. The predicted octanol–water partition coefficient (Wildman–Crippen LogP) is 6.10. The van der Waals surface area contributed by atoms with E-state index < -0.39 is 102 Å². The molecule has 3 aliphatic heterocycles. The summed E-state index contributed by atoms with van der Waals surface area (Å²) in [6.45, 7) is 13.6. The number of ketones is 1. The Balaban J connectivity index is 1.39. The number of hydrogen-bond acceptors (Lipinski definition) is 16. The van der Waals surface area contributed by atoms with Crippen LogP contribution in [0.4, 0.5) is 9.59 Å². The van der Waals surface area contributed by atoms with Crippen molar-refractivity contribution in [2.75, 3.05) is 20.6 Å². The highest BCUT2D eigenvalue weighted by atomic mass is 16.7. The van der Waals surface area contributed by atoms with Gasteiger partial charge in [0.2, 0.25) is 0 Å². The van der Waals surface area contributed by atoms with Crippen LogP contribution in [0.3, 0.4) is 0 Å². The minimum Gasteiger partial charge on any atom is -0.461 e. The van der Waals surface area contributed by atoms with E-state index in [2.05, 4.69) is 25.6 Å². The van der Waals surface area contributed by atoms with Gasteiger partial charge in [-0.3, -0.25) is 19.4 Å². The molecule has 2 amide bonds. The molecule has 3 N–H and O–H groups in total. The van der Waals surface area contributed by atoms with Gasteiger partial charge in [-0.05, 0) is 90.7 Å². The van der Waals surface area contributed by atoms with Gasteiger partial charge in [0.05, 0.1) is 18.1 Å². The Kier molecular flexibility index (Phi) is 17.9. The van der Waals surface area contributed by atoms with Crippen molar-refractivity contribution in [1.29, 1.82) is 0 Å². The Labute approximate surface area is 410 Å². The summed E-state index contributed by atoms with van der Waals surface area (Å²) >= 11 is 0. The number of benzene rings is 1. The zero-order chi connectivity index (χ0) is 50.9. The van der Waals surface area contributed by atoms with Gasteiger partial charge in [0.15, 0.2) is 17.7 Å². The number of aromatic nitrogens is 3. The standard InChI is InChI=1S/C52H70N6O12/c1-11-39-52(8)44(57-50(64)70-52)32(4)41(60)30(2)28-51(7,69-49(63)56-24-13-15-35-17-20-37(21-18-35)46-54-25-14-26-55-46)45(68-48-42(61)38(58(9)10)27-31(3)65-48)33(5)43(34(6)47(62)66-39)67-40(59)22-19-36-16-12-23-53-29-36/h12-18,20-21,23,25-26,29-34,38-39,42-45,48,61H,11,19,22,24,27-28H2,1-10H3,(H,56,63)(H,57,64)/b15-13+/t30-,31-,32+,33+,34-,38+,39-,42-,43+,44-,45-,48+,51-,52-/m1/s1. The summed E-state index contributed by atoms with van der Waals surface area (Å²) in [6.07, 6.45) is 2.74. The first kappa shape index (κ1) is 53.5. The quantitative estimate of drug-likeness (QED) is 0.130. The van der Waals surface area contributed by atoms with Crippen molar-refractivity contribution >= 4 is 36.0 Å². The molecule has 1 aromatic carbocycles. The SMILES string of the molecule is CC[C@H]1OC(=O)[C@H](C)[C@@H](OC(=O)CCc2cccnc2)[C@H](C)[C@@H](O[C@@H]2O[C@H](C)C[C@H](N(C)C)[C@H]2O)[C@](C)(OC(=O)NC/C=C/c2ccc(-c3ncccn3)cc2)C[C@@H](C)C(=O)[C@H](C)[C@H]2NC(=O)O[C@@]21C. The van der Waals surface area contributed by atoms with Crippen LogP contribution in [0.25, 0.3) is 17.5 Å². The molecule has 3 aliphatic rings. The van der Waals surface area contributed by atoms with Gasteiger partial charge < -0.3 is 49.1 Å². The normalized spacial score (nSPS) is 33.1. The van der Waals surface area contributed by atoms with Crippen molar-refractivity contribution in [3.8, 4) is 11.4 Å². The first-order valence-electron chi connectivity index (χ1n) is 24.2. The molecule has 5 heterocycles. The minimum absolute atomic E-state index is 0.0378. The summed E-state index contributed by atoms with van der Waals surface area (Å²) in [6, 6.07) is 11.6. The number of nitrogens with one attached hydrogen (secondary N) is 2. The van der Waals surface area contributed by atoms with E-state index in [1.54, 1.807) is 91.5 Å². The number of aliphatic hydroxyl groups is 1. The third-order valence-electron chi connectivity index (χ3n) is 14.0. The number of nitrogens with zero attached hydrogens (tertiary/aromatic N) is 4. The number of alkyl carbamates (subject to hydrolysis) is 2. The van der Waals surface area contributed by atoms with Crippen molar-refractivity contribution in [1.82, 2.24) is 30.5 Å². The summed E-state index contributed by atoms with van der Waals surface area (Å²) in [5.74, 6) is -5.09. The van der Waals surface area contributed by atoms with Crippen molar-refractivity contribution in [3.63, 3.8) is 0 Å². The van der Waals surface area contributed by atoms with Crippen molar-refractivity contribution < 1.29 is 57.5 Å². The van der Waals surface area contributed by atoms with Gasteiger partial charge in [-0.25, -0.2) is 19.6 Å². The second-order valence-electron chi connectivity index (χ2n) is 19.6. The van der Waals surface area contributed by atoms with Crippen molar-refractivity contribution in [2.24, 2.45) is 23.7 Å². The van der Waals surface area contributed by atoms with Crippen LogP contribution < -0.4 is 10.6 Å². The molecule has 0 saturated carbocycles. The molecule has 0 aliphatic carbocycles. The number of ether oxygens (including phenoxy) is 6. The number of aliphatic hydroxyl groups excluding tert-OH is 1. The number of Topliss-reactive ketones (excluding diaryl/α,β-unsaturated/α-hetero) is 1. The third-order valence-corrected chi connectivity index (χ3v) is 14.0. The largest absolute Gasteiger partial charge is 0.461 e. The monoisotopic (exact) mass is 971 g/mol. The summed E-state index contributed by atoms with van der Waals surface area (Å²) in [5.41, 5.74) is -0.762. The Morgan fingerprint density at radius 3 is 2.36 bits per heavy atom. The lowest BCUT2D eigenvalue weighted by atomic mass is 9.73. The van der Waals surface area contributed by atoms with Crippen LogP contribution in [-0.4, -0.2) is 136 Å². The van der Waals surface area contributed by atoms with Gasteiger partial charge in [-0.1, -0.05) is 70.2 Å². The molecule has 0 spiro atoms. The van der Waals surface area contributed by atoms with Crippen LogP contribution in [0, 0.1) is 23.7 Å². The maximum Gasteiger partial charge on any atom is 0.408 e. The van der Waals surface area contributed by atoms with Gasteiger partial charge in [-0.15, -0.1) is 0 Å². The Morgan fingerprint density at radius 1 is 0.986 bits per heavy atom. The number of carbonyl (C=O) groups excluding carboxylic acids is 5. The zero-order valence-electron chi connectivity index (χ0n) is 41.9. The molecule has 2 aromatic heterocycles. The maximum atomic E-state index is 14.8. The lowest BCUT2D eigenvalue weighted by Gasteiger charge is -2.48. The summed E-state index contributed by atoms with van der Waals surface area (Å²) in [7, 11) is 3.67. The van der Waals surface area contributed by atoms with Crippen LogP contribution in [0.2, 0.25) is 0 Å². The minimum atomic E-state index is -1.77. The molecule has 18 heteroatoms. The average molecular weight is 971 g/mol. The molecule has 14 atom stereocenters. The number of pyridine rings is 1. The van der Waals surface area contributed by atoms with Crippen LogP contribution in [0.15, 0.2) is 73.3 Å². The second kappa shape index (κ2) is 23.4. The van der Waals surface area contributed by atoms with Gasteiger partial charge in [-0.2, -0.15) is 0 Å². The van der Waals surface area contributed by atoms with Crippen LogP contribution in [0.5, 0.6) is 0 Å². The van der Waals surface area contributed by atoms with Gasteiger partial charge in [0.25, 0.3) is 0 Å². The van der Waals surface area contributed by atoms with Gasteiger partial charge in [0.1, 0.15) is 35.8 Å². The van der Waals surface area contributed by atoms with E-state index >= 15 is 0 Å². The number of carbonyl (C=O) groups is 5. The molecule has 3 aromatic rings. The smallest absolute Gasteiger partial charge is 0.408 e. The molecule has 0 unspecified atom stereocenters. The fourth-order valence-electron chi connectivity index (χ4n) is 10.2. The summed E-state index contributed by atoms with van der Waals surface area (Å²) in [5, 5.41) is 17.5. The average Bonchev–Trinajstić information content (AvgIpc) is 3.66. The molecule has 0 bridgehead atoms. The maximum absolute atomic E-state index is 14.8. The highest BCUT2D eigenvalue weighted by molar-refractivity contribution is 5.85. The molecular weight excluding hydrogens is 901 g/mol. The van der Waals surface area contributed by atoms with E-state index in [0.717, 1.165) is 16.7 Å². The molecule has 70 heavy (non-hydrogen) atoms. The number of aryl methyl sites for hydroxylation is 1. The fourth-order valence-corrected chi connectivity index (χ4v) is 10.2.